The van der Waals surface area contributed by atoms with Crippen molar-refractivity contribution in [2.75, 3.05) is 13.2 Å². The van der Waals surface area contributed by atoms with E-state index in [9.17, 15) is 60.7 Å². The Morgan fingerprint density at radius 3 is 2.02 bits per heavy atom. The van der Waals surface area contributed by atoms with Gasteiger partial charge in [-0.1, -0.05) is 25.5 Å². The maximum absolute atomic E-state index is 12.9. The number of hydrogen-bond acceptors (Lipinski definition) is 20. The van der Waals surface area contributed by atoms with Gasteiger partial charge in [-0.2, -0.15) is 0 Å². The third-order valence-corrected chi connectivity index (χ3v) is 16.0. The highest BCUT2D eigenvalue weighted by Crippen LogP contribution is 2.70. The second kappa shape index (κ2) is 18.2. The first-order chi connectivity index (χ1) is 30.3. The first-order valence-electron chi connectivity index (χ1n) is 22.4. The van der Waals surface area contributed by atoms with E-state index in [-0.39, 0.29) is 29.6 Å². The highest BCUT2D eigenvalue weighted by molar-refractivity contribution is 5.66. The average Bonchev–Trinajstić information content (AvgIpc) is 3.49. The number of carbonyl (C=O) groups is 1. The van der Waals surface area contributed by atoms with Gasteiger partial charge in [-0.25, -0.2) is 4.79 Å². The Labute approximate surface area is 369 Å². The van der Waals surface area contributed by atoms with Crippen LogP contribution in [0.15, 0.2) is 39.3 Å². The zero-order chi connectivity index (χ0) is 46.2. The van der Waals surface area contributed by atoms with Crippen molar-refractivity contribution in [3.05, 3.63) is 46.0 Å². The molecule has 360 valence electrons. The fourth-order valence-corrected chi connectivity index (χ4v) is 12.5. The van der Waals surface area contributed by atoms with Crippen molar-refractivity contribution >= 4 is 5.97 Å². The predicted octanol–water partition coefficient (Wildman–Crippen LogP) is -1.80. The molecule has 0 unspecified atom stereocenters. The molecule has 0 spiro atoms. The van der Waals surface area contributed by atoms with E-state index in [4.69, 9.17) is 37.6 Å². The Morgan fingerprint density at radius 1 is 0.750 bits per heavy atom. The number of rotatable bonds is 10. The summed E-state index contributed by atoms with van der Waals surface area (Å²) in [5, 5.41) is 108. The molecule has 0 amide bonds. The van der Waals surface area contributed by atoms with Gasteiger partial charge >= 0.3 is 11.6 Å². The van der Waals surface area contributed by atoms with Crippen molar-refractivity contribution in [2.24, 2.45) is 22.7 Å². The maximum Gasteiger partial charge on any atom is 0.335 e. The summed E-state index contributed by atoms with van der Waals surface area (Å²) in [6.45, 7) is 5.66. The molecule has 1 aromatic heterocycles. The molecule has 1 aromatic rings. The van der Waals surface area contributed by atoms with Crippen LogP contribution in [0.1, 0.15) is 84.1 Å². The predicted molar refractivity (Wildman–Crippen MR) is 214 cm³/mol. The van der Waals surface area contributed by atoms with Crippen LogP contribution in [0.25, 0.3) is 0 Å². The number of aliphatic hydroxyl groups is 10. The number of hydrogen-bond donors (Lipinski definition) is 10. The van der Waals surface area contributed by atoms with Crippen molar-refractivity contribution in [2.45, 2.75) is 188 Å². The minimum Gasteiger partial charge on any atom is -0.462 e. The molecule has 0 aromatic carbocycles. The standard InChI is InChI=1S/C44H64O20/c1-18-37(63-41-36(55)33(52)38(27(16-46)62-41)64-40-34(53)31(50)30(49)26(15-45)61-40)32(51)35(54)39(58-18)60-22-9-11-42(3)21(13-22)6-7-24-23(42)10-12-43(4)29(20-5-8-28(48)57-17-20)25(59-19(2)47)14-44(24,43)56/h5,8,13,17-18,22-27,29-41,45-46,49-56H,6-7,9-12,14-16H2,1-4H3/t18-,22-,23-,24+,25-,26+,27+,29-,30+,31-,32-,33+,34+,35+,36+,37-,38+,39-,40-,41-,42-,43+,44-/m0/s1. The zero-order valence-corrected chi connectivity index (χ0v) is 36.3. The van der Waals surface area contributed by atoms with Crippen molar-refractivity contribution in [3.63, 3.8) is 0 Å². The van der Waals surface area contributed by atoms with Gasteiger partial charge in [-0.3, -0.25) is 4.79 Å². The fraction of sp³-hybridized carbons (Fsp3) is 0.818. The number of ether oxygens (including phenoxy) is 7. The van der Waals surface area contributed by atoms with Crippen LogP contribution in [0.2, 0.25) is 0 Å². The van der Waals surface area contributed by atoms with E-state index in [1.54, 1.807) is 13.0 Å². The second-order valence-electron chi connectivity index (χ2n) is 19.5. The van der Waals surface area contributed by atoms with Gasteiger partial charge < -0.3 is 88.6 Å². The summed E-state index contributed by atoms with van der Waals surface area (Å²) < 4.78 is 46.1. The fourth-order valence-electron chi connectivity index (χ4n) is 12.5. The lowest BCUT2D eigenvalue weighted by molar-refractivity contribution is -0.378. The molecule has 3 saturated carbocycles. The molecule has 4 aliphatic carbocycles. The molecule has 7 aliphatic rings. The topological polar surface area (TPSA) is 314 Å². The van der Waals surface area contributed by atoms with E-state index in [1.807, 2.05) is 0 Å². The summed E-state index contributed by atoms with van der Waals surface area (Å²) in [5.41, 5.74) is -0.753. The number of esters is 1. The monoisotopic (exact) mass is 912 g/mol. The Bertz CT molecular complexity index is 1890. The molecule has 64 heavy (non-hydrogen) atoms. The van der Waals surface area contributed by atoms with Gasteiger partial charge in [0.25, 0.3) is 0 Å². The van der Waals surface area contributed by atoms with Gasteiger partial charge in [-0.15, -0.1) is 0 Å². The summed E-state index contributed by atoms with van der Waals surface area (Å²) in [7, 11) is 0. The van der Waals surface area contributed by atoms with Crippen molar-refractivity contribution in [3.8, 4) is 0 Å². The molecule has 23 atom stereocenters. The molecule has 3 aliphatic heterocycles. The third kappa shape index (κ3) is 8.11. The molecule has 10 N–H and O–H groups in total. The largest absolute Gasteiger partial charge is 0.462 e. The Morgan fingerprint density at radius 2 is 1.38 bits per heavy atom. The summed E-state index contributed by atoms with van der Waals surface area (Å²) in [4.78, 5) is 24.2. The lowest BCUT2D eigenvalue weighted by Gasteiger charge is -2.61. The van der Waals surface area contributed by atoms with Crippen LogP contribution in [0.3, 0.4) is 0 Å². The van der Waals surface area contributed by atoms with E-state index in [2.05, 4.69) is 19.9 Å². The van der Waals surface area contributed by atoms with Crippen LogP contribution in [0.4, 0.5) is 0 Å². The molecule has 4 heterocycles. The molecule has 3 saturated heterocycles. The van der Waals surface area contributed by atoms with Crippen LogP contribution in [0.5, 0.6) is 0 Å². The van der Waals surface area contributed by atoms with E-state index >= 15 is 0 Å². The van der Waals surface area contributed by atoms with Gasteiger partial charge in [0.15, 0.2) is 18.9 Å². The van der Waals surface area contributed by atoms with Crippen LogP contribution in [-0.4, -0.2) is 180 Å². The summed E-state index contributed by atoms with van der Waals surface area (Å²) in [5.74, 6) is -0.834. The van der Waals surface area contributed by atoms with Crippen LogP contribution < -0.4 is 5.63 Å². The van der Waals surface area contributed by atoms with E-state index in [0.717, 1.165) is 6.42 Å². The van der Waals surface area contributed by atoms with Gasteiger partial charge in [-0.05, 0) is 74.3 Å². The minimum atomic E-state index is -1.88. The van der Waals surface area contributed by atoms with E-state index in [1.165, 1.54) is 24.8 Å². The second-order valence-corrected chi connectivity index (χ2v) is 19.5. The highest BCUT2D eigenvalue weighted by atomic mass is 16.8. The molecule has 20 heteroatoms. The van der Waals surface area contributed by atoms with Crippen LogP contribution in [0, 0.1) is 22.7 Å². The number of aliphatic hydroxyl groups excluding tert-OH is 9. The quantitative estimate of drug-likeness (QED) is 0.0915. The third-order valence-electron chi connectivity index (χ3n) is 16.0. The van der Waals surface area contributed by atoms with E-state index < -0.39 is 140 Å². The van der Waals surface area contributed by atoms with E-state index in [0.29, 0.717) is 37.7 Å². The average molecular weight is 913 g/mol. The summed E-state index contributed by atoms with van der Waals surface area (Å²) >= 11 is 0. The summed E-state index contributed by atoms with van der Waals surface area (Å²) in [6.07, 6.45) is -16.9. The molecule has 6 fully saturated rings. The zero-order valence-electron chi connectivity index (χ0n) is 36.3. The van der Waals surface area contributed by atoms with Crippen molar-refractivity contribution in [1.82, 2.24) is 0 Å². The molecule has 0 radical (unpaired) electrons. The van der Waals surface area contributed by atoms with Gasteiger partial charge in [0.1, 0.15) is 73.2 Å². The van der Waals surface area contributed by atoms with Crippen LogP contribution in [-0.2, 0) is 38.0 Å². The molecule has 0 bridgehead atoms. The molecular formula is C44H64O20. The number of fused-ring (bicyclic) bond motifs is 5. The van der Waals surface area contributed by atoms with Gasteiger partial charge in [0.2, 0.25) is 0 Å². The Kier molecular flexibility index (Phi) is 13.7. The first kappa shape index (κ1) is 48.0. The first-order valence-corrected chi connectivity index (χ1v) is 22.4. The smallest absolute Gasteiger partial charge is 0.335 e. The molecule has 20 nitrogen and oxygen atoms in total. The minimum absolute atomic E-state index is 0.101. The normalized spacial score (nSPS) is 50.4. The Balaban J connectivity index is 0.908. The maximum atomic E-state index is 12.9. The lowest BCUT2D eigenvalue weighted by Crippen LogP contribution is -2.66. The van der Waals surface area contributed by atoms with Gasteiger partial charge in [0, 0.05) is 30.7 Å². The van der Waals surface area contributed by atoms with Crippen LogP contribution >= 0.6 is 0 Å². The summed E-state index contributed by atoms with van der Waals surface area (Å²) in [6, 6.07) is 3.04. The highest BCUT2D eigenvalue weighted by Gasteiger charge is 2.70. The lowest BCUT2D eigenvalue weighted by atomic mass is 9.45. The Hall–Kier alpha value is -2.48. The number of allylic oxidation sites excluding steroid dienone is 1. The molecule has 8 rings (SSSR count). The van der Waals surface area contributed by atoms with Crippen molar-refractivity contribution in [1.29, 1.82) is 0 Å². The molecular weight excluding hydrogens is 848 g/mol. The SMILES string of the molecule is CC(=O)O[C@H]1C[C@]2(O)[C@@H]3CCC4=C[C@@H](O[C@@H]5O[C@@H](C)[C@H](O[C@@H]6O[C@H](CO)[C@@H](O[C@@H]7O[C@H](CO)[C@@H](O)[C@H](O)[C@H]7O)[C@H](O)[C@H]6O)[C@@H](O)[C@H]5O)CC[C@]4(C)[C@H]3CC[C@]2(C)[C@H]1c1ccc(=O)oc1. The van der Waals surface area contributed by atoms with Gasteiger partial charge in [0.05, 0.1) is 37.3 Å². The van der Waals surface area contributed by atoms with Crippen molar-refractivity contribution < 1.29 is 93.4 Å². The number of carbonyl (C=O) groups excluding carboxylic acids is 1.